The third kappa shape index (κ3) is 8.12. The van der Waals surface area contributed by atoms with Crippen LogP contribution in [0.5, 0.6) is 11.6 Å². The number of imidazole rings is 2. The monoisotopic (exact) mass is 823 g/mol. The van der Waals surface area contributed by atoms with Gasteiger partial charge in [-0.2, -0.15) is 8.61 Å². The van der Waals surface area contributed by atoms with Crippen molar-refractivity contribution >= 4 is 42.1 Å². The minimum atomic E-state index is -3.60. The second-order valence-electron chi connectivity index (χ2n) is 14.6. The number of piperidine rings is 1. The summed E-state index contributed by atoms with van der Waals surface area (Å²) in [5, 5.41) is 0. The predicted molar refractivity (Wildman–Crippen MR) is 227 cm³/mol. The minimum absolute atomic E-state index is 0.103. The van der Waals surface area contributed by atoms with E-state index >= 15 is 0 Å². The van der Waals surface area contributed by atoms with Gasteiger partial charge in [0.05, 0.1) is 33.2 Å². The number of para-hydroxylation sites is 5. The van der Waals surface area contributed by atoms with Gasteiger partial charge in [-0.05, 0) is 78.6 Å². The zero-order chi connectivity index (χ0) is 40.4. The first-order chi connectivity index (χ1) is 28.7. The highest BCUT2D eigenvalue weighted by molar-refractivity contribution is 7.89. The van der Waals surface area contributed by atoms with E-state index in [2.05, 4.69) is 24.9 Å². The molecule has 0 saturated carbocycles. The van der Waals surface area contributed by atoms with E-state index in [1.54, 1.807) is 24.3 Å². The van der Waals surface area contributed by atoms with Crippen molar-refractivity contribution in [3.63, 3.8) is 0 Å². The molecule has 0 spiro atoms. The van der Waals surface area contributed by atoms with Crippen molar-refractivity contribution < 1.29 is 21.6 Å². The van der Waals surface area contributed by atoms with Crippen LogP contribution >= 0.6 is 0 Å². The molecule has 5 heterocycles. The standard InChI is InChI=1S/C23H22N4O3S.C22H19N3O2S/c28-31(29,19-10-11-22(24-16-19)30-18-6-2-1-3-7-18)27-14-12-17(13-15-27)23-25-20-8-4-5-9-21(20)26-23;26-28(27,19-12-10-17(11-13-19)16-6-2-1-3-7-16)25-14-18(15-25)22-23-20-8-4-5-9-21(20)24-22/h1-11,16-17H,12-15H2,(H,25,26);1-13,18H,14-15H2,(H,23,24). The van der Waals surface area contributed by atoms with E-state index in [1.165, 1.54) is 14.8 Å². The number of rotatable bonds is 9. The Kier molecular flexibility index (Phi) is 10.5. The largest absolute Gasteiger partial charge is 0.439 e. The summed E-state index contributed by atoms with van der Waals surface area (Å²) in [6.07, 6.45) is 2.81. The summed E-state index contributed by atoms with van der Waals surface area (Å²) in [5.74, 6) is 3.12. The van der Waals surface area contributed by atoms with Gasteiger partial charge in [-0.25, -0.2) is 31.8 Å². The molecule has 2 aliphatic rings. The first-order valence-corrected chi connectivity index (χ1v) is 22.3. The second kappa shape index (κ2) is 16.2. The molecule has 0 unspecified atom stereocenters. The van der Waals surface area contributed by atoms with Gasteiger partial charge in [-0.3, -0.25) is 0 Å². The van der Waals surface area contributed by atoms with Gasteiger partial charge in [0, 0.05) is 44.1 Å². The predicted octanol–water partition coefficient (Wildman–Crippen LogP) is 8.34. The van der Waals surface area contributed by atoms with Crippen LogP contribution in [0.15, 0.2) is 162 Å². The Morgan fingerprint density at radius 2 is 1.03 bits per heavy atom. The normalized spacial score (nSPS) is 15.7. The average molecular weight is 824 g/mol. The molecule has 8 aromatic rings. The highest BCUT2D eigenvalue weighted by atomic mass is 32.2. The van der Waals surface area contributed by atoms with Gasteiger partial charge in [0.25, 0.3) is 0 Å². The lowest BCUT2D eigenvalue weighted by molar-refractivity contribution is 0.257. The van der Waals surface area contributed by atoms with Crippen LogP contribution in [0.25, 0.3) is 33.2 Å². The van der Waals surface area contributed by atoms with E-state index in [9.17, 15) is 16.8 Å². The molecule has 2 saturated heterocycles. The Hall–Kier alpha value is -6.19. The molecule has 10 rings (SSSR count). The fraction of sp³-hybridized carbons (Fsp3) is 0.178. The first-order valence-electron chi connectivity index (χ1n) is 19.4. The maximum absolute atomic E-state index is 13.1. The third-order valence-electron chi connectivity index (χ3n) is 10.8. The maximum atomic E-state index is 13.1. The molecule has 0 bridgehead atoms. The molecule has 0 radical (unpaired) electrons. The number of pyridine rings is 1. The van der Waals surface area contributed by atoms with Gasteiger partial charge in [-0.1, -0.05) is 84.9 Å². The van der Waals surface area contributed by atoms with Crippen molar-refractivity contribution in [3.8, 4) is 22.8 Å². The van der Waals surface area contributed by atoms with Gasteiger partial charge < -0.3 is 14.7 Å². The van der Waals surface area contributed by atoms with E-state index in [0.29, 0.717) is 42.7 Å². The Morgan fingerprint density at radius 3 is 1.61 bits per heavy atom. The van der Waals surface area contributed by atoms with Crippen LogP contribution in [0, 0.1) is 0 Å². The van der Waals surface area contributed by atoms with Crippen molar-refractivity contribution in [1.29, 1.82) is 0 Å². The SMILES string of the molecule is O=S(=O)(c1ccc(-c2ccccc2)cc1)N1CC(c2nc3ccccc3[nH]2)C1.O=S(=O)(c1ccc(Oc2ccccc2)nc1)N1CCC(c2nc3ccccc3[nH]2)CC1. The summed E-state index contributed by atoms with van der Waals surface area (Å²) in [6.45, 7) is 1.80. The van der Waals surface area contributed by atoms with Crippen molar-refractivity contribution in [2.24, 2.45) is 0 Å². The smallest absolute Gasteiger partial charge is 0.244 e. The summed E-state index contributed by atoms with van der Waals surface area (Å²) in [6, 6.07) is 45.2. The molecular formula is C45H41N7O5S2. The van der Waals surface area contributed by atoms with Crippen molar-refractivity contribution in [1.82, 2.24) is 33.5 Å². The summed E-state index contributed by atoms with van der Waals surface area (Å²) in [7, 11) is -7.08. The van der Waals surface area contributed by atoms with Crippen LogP contribution in [0.3, 0.4) is 0 Å². The molecule has 12 nitrogen and oxygen atoms in total. The number of benzene rings is 5. The molecule has 59 heavy (non-hydrogen) atoms. The summed E-state index contributed by atoms with van der Waals surface area (Å²) in [4.78, 5) is 20.6. The van der Waals surface area contributed by atoms with E-state index in [-0.39, 0.29) is 16.7 Å². The van der Waals surface area contributed by atoms with E-state index in [4.69, 9.17) is 4.74 Å². The molecule has 0 amide bonds. The molecular weight excluding hydrogens is 783 g/mol. The lowest BCUT2D eigenvalue weighted by Gasteiger charge is -2.36. The summed E-state index contributed by atoms with van der Waals surface area (Å²) < 4.78 is 60.6. The number of nitrogens with one attached hydrogen (secondary N) is 2. The molecule has 14 heteroatoms. The topological polar surface area (TPSA) is 154 Å². The lowest BCUT2D eigenvalue weighted by Crippen LogP contribution is -2.48. The molecule has 0 aliphatic carbocycles. The number of aromatic amines is 2. The quantitative estimate of drug-likeness (QED) is 0.147. The molecule has 5 aromatic carbocycles. The van der Waals surface area contributed by atoms with Crippen LogP contribution in [0.1, 0.15) is 36.3 Å². The average Bonchev–Trinajstić information content (AvgIpc) is 3.89. The zero-order valence-electron chi connectivity index (χ0n) is 31.9. The third-order valence-corrected chi connectivity index (χ3v) is 14.5. The van der Waals surface area contributed by atoms with Crippen molar-refractivity contribution in [3.05, 3.63) is 163 Å². The van der Waals surface area contributed by atoms with Crippen LogP contribution in [0.4, 0.5) is 0 Å². The van der Waals surface area contributed by atoms with E-state index in [1.807, 2.05) is 121 Å². The van der Waals surface area contributed by atoms with Gasteiger partial charge >= 0.3 is 0 Å². The number of hydrogen-bond acceptors (Lipinski definition) is 8. The zero-order valence-corrected chi connectivity index (χ0v) is 33.6. The van der Waals surface area contributed by atoms with Gasteiger partial charge in [-0.15, -0.1) is 0 Å². The molecule has 2 fully saturated rings. The highest BCUT2D eigenvalue weighted by Gasteiger charge is 2.39. The summed E-state index contributed by atoms with van der Waals surface area (Å²) >= 11 is 0. The second-order valence-corrected chi connectivity index (χ2v) is 18.5. The van der Waals surface area contributed by atoms with Crippen LogP contribution < -0.4 is 4.74 Å². The maximum Gasteiger partial charge on any atom is 0.244 e. The number of nitrogens with zero attached hydrogens (tertiary/aromatic N) is 5. The number of aromatic nitrogens is 5. The molecule has 3 aromatic heterocycles. The van der Waals surface area contributed by atoms with Crippen LogP contribution in [0.2, 0.25) is 0 Å². The minimum Gasteiger partial charge on any atom is -0.439 e. The van der Waals surface area contributed by atoms with Gasteiger partial charge in [0.15, 0.2) is 0 Å². The molecule has 2 aliphatic heterocycles. The number of H-pyrrole nitrogens is 2. The fourth-order valence-corrected chi connectivity index (χ4v) is 10.4. The van der Waals surface area contributed by atoms with E-state index in [0.717, 1.165) is 57.7 Å². The number of fused-ring (bicyclic) bond motifs is 2. The number of ether oxygens (including phenoxy) is 1. The van der Waals surface area contributed by atoms with Gasteiger partial charge in [0.2, 0.25) is 25.9 Å². The fourth-order valence-electron chi connectivity index (χ4n) is 7.45. The summed E-state index contributed by atoms with van der Waals surface area (Å²) in [5.41, 5.74) is 5.92. The Labute approximate surface area is 342 Å². The Morgan fingerprint density at radius 1 is 0.525 bits per heavy atom. The highest BCUT2D eigenvalue weighted by Crippen LogP contribution is 2.33. The lowest BCUT2D eigenvalue weighted by atomic mass is 9.97. The number of sulfonamides is 2. The van der Waals surface area contributed by atoms with E-state index < -0.39 is 20.0 Å². The van der Waals surface area contributed by atoms with Gasteiger partial charge in [0.1, 0.15) is 22.3 Å². The number of hydrogen-bond donors (Lipinski definition) is 2. The van der Waals surface area contributed by atoms with Crippen molar-refractivity contribution in [2.75, 3.05) is 26.2 Å². The van der Waals surface area contributed by atoms with Crippen molar-refractivity contribution in [2.45, 2.75) is 34.5 Å². The Bertz CT molecular complexity index is 2840. The molecule has 298 valence electrons. The Balaban J connectivity index is 0.000000153. The molecule has 0 atom stereocenters. The van der Waals surface area contributed by atoms with Crippen LogP contribution in [-0.4, -0.2) is 76.5 Å². The molecule has 2 N–H and O–H groups in total. The van der Waals surface area contributed by atoms with Crippen LogP contribution in [-0.2, 0) is 20.0 Å². The first kappa shape index (κ1) is 38.3.